The van der Waals surface area contributed by atoms with Gasteiger partial charge in [0.1, 0.15) is 10.5 Å². The standard InChI is InChI=1S/C22H22FN3O2S2/c23-16-6-8-17(9-7-16)26-21(28)20-18(11-13-29-20)25-22(26)30-14-19(27)24-12-10-15-4-2-1-3-5-15/h4,6-9,11,13H,1-3,5,10,12,14H2,(H,24,27). The number of hydrogen-bond acceptors (Lipinski definition) is 5. The topological polar surface area (TPSA) is 64.0 Å². The number of hydrogen-bond donors (Lipinski definition) is 1. The first-order valence-electron chi connectivity index (χ1n) is 9.95. The van der Waals surface area contributed by atoms with Crippen molar-refractivity contribution in [3.63, 3.8) is 0 Å². The Kier molecular flexibility index (Phi) is 6.64. The molecule has 8 heteroatoms. The van der Waals surface area contributed by atoms with Crippen LogP contribution in [-0.2, 0) is 4.79 Å². The van der Waals surface area contributed by atoms with Crippen LogP contribution in [0.3, 0.4) is 0 Å². The fraction of sp³-hybridized carbons (Fsp3) is 0.318. The number of aromatic nitrogens is 2. The van der Waals surface area contributed by atoms with E-state index in [1.165, 1.54) is 58.2 Å². The molecule has 0 spiro atoms. The van der Waals surface area contributed by atoms with Crippen molar-refractivity contribution in [1.29, 1.82) is 0 Å². The summed E-state index contributed by atoms with van der Waals surface area (Å²) in [6.07, 6.45) is 7.91. The first-order chi connectivity index (χ1) is 14.6. The molecule has 0 atom stereocenters. The zero-order chi connectivity index (χ0) is 20.9. The minimum absolute atomic E-state index is 0.0956. The molecule has 0 fully saturated rings. The highest BCUT2D eigenvalue weighted by Gasteiger charge is 2.16. The Morgan fingerprint density at radius 3 is 2.83 bits per heavy atom. The minimum atomic E-state index is -0.376. The van der Waals surface area contributed by atoms with E-state index < -0.39 is 0 Å². The summed E-state index contributed by atoms with van der Waals surface area (Å²) >= 11 is 2.53. The van der Waals surface area contributed by atoms with Gasteiger partial charge in [-0.1, -0.05) is 23.4 Å². The van der Waals surface area contributed by atoms with Crippen molar-refractivity contribution in [3.8, 4) is 5.69 Å². The first-order valence-corrected chi connectivity index (χ1v) is 11.8. The number of fused-ring (bicyclic) bond motifs is 1. The zero-order valence-corrected chi connectivity index (χ0v) is 18.0. The van der Waals surface area contributed by atoms with E-state index in [4.69, 9.17) is 0 Å². The number of thiophene rings is 1. The molecule has 2 heterocycles. The second-order valence-corrected chi connectivity index (χ2v) is 9.00. The van der Waals surface area contributed by atoms with Gasteiger partial charge < -0.3 is 5.32 Å². The largest absolute Gasteiger partial charge is 0.355 e. The molecule has 0 saturated heterocycles. The summed E-state index contributed by atoms with van der Waals surface area (Å²) in [6.45, 7) is 0.618. The van der Waals surface area contributed by atoms with Crippen LogP contribution in [0.2, 0.25) is 0 Å². The van der Waals surface area contributed by atoms with Crippen molar-refractivity contribution in [2.24, 2.45) is 0 Å². The lowest BCUT2D eigenvalue weighted by Crippen LogP contribution is -2.27. The second-order valence-electron chi connectivity index (χ2n) is 7.14. The summed E-state index contributed by atoms with van der Waals surface area (Å²) in [5.74, 6) is -0.317. The molecule has 0 unspecified atom stereocenters. The number of thioether (sulfide) groups is 1. The van der Waals surface area contributed by atoms with E-state index in [2.05, 4.69) is 16.4 Å². The fourth-order valence-electron chi connectivity index (χ4n) is 3.48. The summed E-state index contributed by atoms with van der Waals surface area (Å²) in [7, 11) is 0. The highest BCUT2D eigenvalue weighted by atomic mass is 32.2. The summed E-state index contributed by atoms with van der Waals surface area (Å²) in [4.78, 5) is 29.9. The lowest BCUT2D eigenvalue weighted by molar-refractivity contribution is -0.118. The molecule has 4 rings (SSSR count). The Morgan fingerprint density at radius 2 is 2.07 bits per heavy atom. The van der Waals surface area contributed by atoms with Crippen LogP contribution in [0, 0.1) is 5.82 Å². The van der Waals surface area contributed by atoms with Crippen molar-refractivity contribution in [1.82, 2.24) is 14.9 Å². The summed E-state index contributed by atoms with van der Waals surface area (Å²) in [5.41, 5.74) is 2.34. The molecule has 5 nitrogen and oxygen atoms in total. The summed E-state index contributed by atoms with van der Waals surface area (Å²) in [5, 5.41) is 5.18. The summed E-state index contributed by atoms with van der Waals surface area (Å²) < 4.78 is 15.3. The van der Waals surface area contributed by atoms with E-state index >= 15 is 0 Å². The summed E-state index contributed by atoms with van der Waals surface area (Å²) in [6, 6.07) is 7.49. The maximum atomic E-state index is 13.4. The van der Waals surface area contributed by atoms with Crippen LogP contribution < -0.4 is 10.9 Å². The molecule has 0 saturated carbocycles. The van der Waals surface area contributed by atoms with Crippen LogP contribution in [0.1, 0.15) is 32.1 Å². The molecule has 2 aromatic heterocycles. The average molecular weight is 444 g/mol. The van der Waals surface area contributed by atoms with E-state index in [0.29, 0.717) is 27.6 Å². The van der Waals surface area contributed by atoms with E-state index in [0.717, 1.165) is 19.3 Å². The minimum Gasteiger partial charge on any atom is -0.355 e. The second kappa shape index (κ2) is 9.57. The van der Waals surface area contributed by atoms with Gasteiger partial charge in [-0.3, -0.25) is 14.2 Å². The van der Waals surface area contributed by atoms with Crippen LogP contribution in [0.25, 0.3) is 15.9 Å². The maximum absolute atomic E-state index is 13.4. The van der Waals surface area contributed by atoms with Crippen molar-refractivity contribution in [2.45, 2.75) is 37.3 Å². The molecular formula is C22H22FN3O2S2. The fourth-order valence-corrected chi connectivity index (χ4v) is 5.08. The molecule has 1 N–H and O–H groups in total. The lowest BCUT2D eigenvalue weighted by Gasteiger charge is -2.13. The van der Waals surface area contributed by atoms with Crippen molar-refractivity contribution in [3.05, 3.63) is 63.5 Å². The van der Waals surface area contributed by atoms with Gasteiger partial charge in [0.05, 0.1) is 17.0 Å². The lowest BCUT2D eigenvalue weighted by atomic mass is 9.97. The Bertz CT molecular complexity index is 1140. The van der Waals surface area contributed by atoms with Crippen LogP contribution in [0.4, 0.5) is 4.39 Å². The molecule has 0 radical (unpaired) electrons. The van der Waals surface area contributed by atoms with Gasteiger partial charge in [0.2, 0.25) is 5.91 Å². The Labute approximate surface area is 182 Å². The molecule has 30 heavy (non-hydrogen) atoms. The number of amides is 1. The number of halogens is 1. The molecular weight excluding hydrogens is 421 g/mol. The third kappa shape index (κ3) is 4.82. The van der Waals surface area contributed by atoms with Crippen molar-refractivity contribution in [2.75, 3.05) is 12.3 Å². The van der Waals surface area contributed by atoms with Crippen molar-refractivity contribution < 1.29 is 9.18 Å². The van der Waals surface area contributed by atoms with Gasteiger partial charge in [-0.2, -0.15) is 0 Å². The van der Waals surface area contributed by atoms with Gasteiger partial charge in [-0.25, -0.2) is 9.37 Å². The Morgan fingerprint density at radius 1 is 1.23 bits per heavy atom. The molecule has 156 valence electrons. The molecule has 1 aromatic carbocycles. The van der Waals surface area contributed by atoms with Gasteiger partial charge in [0.25, 0.3) is 5.56 Å². The van der Waals surface area contributed by atoms with Gasteiger partial charge >= 0.3 is 0 Å². The molecule has 1 aliphatic carbocycles. The highest BCUT2D eigenvalue weighted by molar-refractivity contribution is 7.99. The van der Waals surface area contributed by atoms with Gasteiger partial charge in [-0.15, -0.1) is 11.3 Å². The molecule has 1 aliphatic rings. The molecule has 1 amide bonds. The predicted octanol–water partition coefficient (Wildman–Crippen LogP) is 4.69. The van der Waals surface area contributed by atoms with E-state index in [1.54, 1.807) is 18.2 Å². The molecule has 3 aromatic rings. The smallest absolute Gasteiger partial charge is 0.276 e. The predicted molar refractivity (Wildman–Crippen MR) is 120 cm³/mol. The quantitative estimate of drug-likeness (QED) is 0.327. The maximum Gasteiger partial charge on any atom is 0.276 e. The highest BCUT2D eigenvalue weighted by Crippen LogP contribution is 2.24. The van der Waals surface area contributed by atoms with Crippen LogP contribution in [0.5, 0.6) is 0 Å². The number of rotatable bonds is 7. The first kappa shape index (κ1) is 20.8. The van der Waals surface area contributed by atoms with Crippen molar-refractivity contribution >= 4 is 39.2 Å². The number of benzene rings is 1. The van der Waals surface area contributed by atoms with Crippen LogP contribution in [-0.4, -0.2) is 27.8 Å². The van der Waals surface area contributed by atoms with E-state index in [-0.39, 0.29) is 23.0 Å². The zero-order valence-electron chi connectivity index (χ0n) is 16.4. The van der Waals surface area contributed by atoms with E-state index in [1.807, 2.05) is 5.38 Å². The molecule has 0 aliphatic heterocycles. The average Bonchev–Trinajstić information content (AvgIpc) is 3.23. The third-order valence-corrected chi connectivity index (χ3v) is 6.85. The third-order valence-electron chi connectivity index (χ3n) is 5.02. The van der Waals surface area contributed by atoms with E-state index in [9.17, 15) is 14.0 Å². The Hall–Kier alpha value is -2.45. The SMILES string of the molecule is O=C(CSc1nc2ccsc2c(=O)n1-c1ccc(F)cc1)NCCC1=CCCCC1. The van der Waals surface area contributed by atoms with Gasteiger partial charge in [0.15, 0.2) is 5.16 Å². The monoisotopic (exact) mass is 443 g/mol. The molecule has 0 bridgehead atoms. The number of nitrogens with zero attached hydrogens (tertiary/aromatic N) is 2. The number of carbonyl (C=O) groups excluding carboxylic acids is 1. The number of nitrogens with one attached hydrogen (secondary N) is 1. The van der Waals surface area contributed by atoms with Gasteiger partial charge in [0, 0.05) is 6.54 Å². The normalized spacial score (nSPS) is 14.0. The van der Waals surface area contributed by atoms with Crippen LogP contribution >= 0.6 is 23.1 Å². The van der Waals surface area contributed by atoms with Gasteiger partial charge in [-0.05, 0) is 67.8 Å². The van der Waals surface area contributed by atoms with Crippen LogP contribution in [0.15, 0.2) is 57.3 Å². The number of carbonyl (C=O) groups is 1. The number of allylic oxidation sites excluding steroid dienone is 1. The Balaban J connectivity index is 1.48.